The number of ether oxygens (including phenoxy) is 1. The Morgan fingerprint density at radius 1 is 1.18 bits per heavy atom. The van der Waals surface area contributed by atoms with Crippen LogP contribution in [0.1, 0.15) is 18.1 Å². The van der Waals surface area contributed by atoms with E-state index >= 15 is 0 Å². The molecule has 3 N–H and O–H groups in total. The number of carbonyl (C=O) groups excluding carboxylic acids is 2. The molecular formula is C20H22N4O3S. The highest BCUT2D eigenvalue weighted by Crippen LogP contribution is 2.25. The molecule has 0 spiro atoms. The molecule has 3 aromatic rings. The Labute approximate surface area is 167 Å². The maximum atomic E-state index is 12.3. The number of fused-ring (bicyclic) bond motifs is 1. The van der Waals surface area contributed by atoms with E-state index in [9.17, 15) is 9.59 Å². The molecule has 146 valence electrons. The van der Waals surface area contributed by atoms with Gasteiger partial charge in [0, 0.05) is 5.56 Å². The fourth-order valence-electron chi connectivity index (χ4n) is 2.69. The SMILES string of the molecule is COc1ccc(C)cc1CC(=O)NNC(=O)C(C)Nc1nc2ccccc2s1. The van der Waals surface area contributed by atoms with E-state index in [2.05, 4.69) is 21.2 Å². The lowest BCUT2D eigenvalue weighted by molar-refractivity contribution is -0.128. The zero-order valence-corrected chi connectivity index (χ0v) is 16.7. The van der Waals surface area contributed by atoms with Gasteiger partial charge in [-0.15, -0.1) is 0 Å². The smallest absolute Gasteiger partial charge is 0.260 e. The average Bonchev–Trinajstić information content (AvgIpc) is 3.08. The van der Waals surface area contributed by atoms with Crippen molar-refractivity contribution in [2.45, 2.75) is 26.3 Å². The molecule has 0 saturated carbocycles. The van der Waals surface area contributed by atoms with Crippen molar-refractivity contribution in [2.24, 2.45) is 0 Å². The van der Waals surface area contributed by atoms with Gasteiger partial charge >= 0.3 is 0 Å². The highest BCUT2D eigenvalue weighted by atomic mass is 32.1. The zero-order chi connectivity index (χ0) is 20.1. The number of nitrogens with one attached hydrogen (secondary N) is 3. The maximum Gasteiger partial charge on any atom is 0.260 e. The van der Waals surface area contributed by atoms with Gasteiger partial charge in [-0.2, -0.15) is 0 Å². The third-order valence-electron chi connectivity index (χ3n) is 4.14. The molecule has 8 heteroatoms. The molecule has 1 heterocycles. The summed E-state index contributed by atoms with van der Waals surface area (Å²) in [5.41, 5.74) is 7.55. The van der Waals surface area contributed by atoms with Crippen LogP contribution in [-0.4, -0.2) is 29.9 Å². The van der Waals surface area contributed by atoms with Gasteiger partial charge in [0.15, 0.2) is 5.13 Å². The number of nitrogens with zero attached hydrogens (tertiary/aromatic N) is 1. The van der Waals surface area contributed by atoms with Crippen molar-refractivity contribution in [3.05, 3.63) is 53.6 Å². The summed E-state index contributed by atoms with van der Waals surface area (Å²) in [7, 11) is 1.56. The molecule has 0 aliphatic rings. The number of thiazole rings is 1. The lowest BCUT2D eigenvalue weighted by atomic mass is 10.1. The van der Waals surface area contributed by atoms with Crippen molar-refractivity contribution in [1.29, 1.82) is 0 Å². The van der Waals surface area contributed by atoms with Gasteiger partial charge in [0.25, 0.3) is 5.91 Å². The molecular weight excluding hydrogens is 376 g/mol. The second-order valence-electron chi connectivity index (χ2n) is 6.38. The van der Waals surface area contributed by atoms with Gasteiger partial charge in [-0.25, -0.2) is 4.98 Å². The molecule has 7 nitrogen and oxygen atoms in total. The Balaban J connectivity index is 1.53. The summed E-state index contributed by atoms with van der Waals surface area (Å²) in [5.74, 6) is -0.0498. The molecule has 0 saturated heterocycles. The number of hydrogen-bond donors (Lipinski definition) is 3. The van der Waals surface area contributed by atoms with E-state index in [-0.39, 0.29) is 18.2 Å². The number of benzene rings is 2. The molecule has 0 fully saturated rings. The number of hydrazine groups is 1. The Morgan fingerprint density at radius 2 is 1.96 bits per heavy atom. The minimum atomic E-state index is -0.561. The number of anilines is 1. The van der Waals surface area contributed by atoms with Gasteiger partial charge in [-0.1, -0.05) is 41.2 Å². The third-order valence-corrected chi connectivity index (χ3v) is 5.11. The van der Waals surface area contributed by atoms with E-state index in [4.69, 9.17) is 4.74 Å². The summed E-state index contributed by atoms with van der Waals surface area (Å²) in [6.45, 7) is 3.65. The summed E-state index contributed by atoms with van der Waals surface area (Å²) < 4.78 is 6.31. The minimum Gasteiger partial charge on any atom is -0.496 e. The Kier molecular flexibility index (Phi) is 6.10. The van der Waals surface area contributed by atoms with Crippen molar-refractivity contribution in [3.63, 3.8) is 0 Å². The van der Waals surface area contributed by atoms with Crippen LogP contribution in [0, 0.1) is 6.92 Å². The van der Waals surface area contributed by atoms with Gasteiger partial charge in [0.1, 0.15) is 11.8 Å². The van der Waals surface area contributed by atoms with Crippen LogP contribution in [0.2, 0.25) is 0 Å². The van der Waals surface area contributed by atoms with Gasteiger partial charge < -0.3 is 10.1 Å². The van der Waals surface area contributed by atoms with Gasteiger partial charge in [-0.3, -0.25) is 20.4 Å². The van der Waals surface area contributed by atoms with Gasteiger partial charge in [0.2, 0.25) is 5.91 Å². The van der Waals surface area contributed by atoms with Crippen LogP contribution in [0.5, 0.6) is 5.75 Å². The molecule has 28 heavy (non-hydrogen) atoms. The summed E-state index contributed by atoms with van der Waals surface area (Å²) in [4.78, 5) is 28.9. The number of methoxy groups -OCH3 is 1. The van der Waals surface area contributed by atoms with Crippen LogP contribution in [0.25, 0.3) is 10.2 Å². The number of aromatic nitrogens is 1. The molecule has 0 aliphatic heterocycles. The molecule has 2 amide bonds. The predicted octanol–water partition coefficient (Wildman–Crippen LogP) is 2.80. The van der Waals surface area contributed by atoms with E-state index in [1.54, 1.807) is 14.0 Å². The summed E-state index contributed by atoms with van der Waals surface area (Å²) in [6.07, 6.45) is 0.102. The molecule has 0 aliphatic carbocycles. The third kappa shape index (κ3) is 4.77. The maximum absolute atomic E-state index is 12.3. The largest absolute Gasteiger partial charge is 0.496 e. The van der Waals surface area contributed by atoms with E-state index in [0.29, 0.717) is 10.9 Å². The fraction of sp³-hybridized carbons (Fsp3) is 0.250. The molecule has 1 unspecified atom stereocenters. The highest BCUT2D eigenvalue weighted by molar-refractivity contribution is 7.22. The predicted molar refractivity (Wildman–Crippen MR) is 110 cm³/mol. The van der Waals surface area contributed by atoms with Crippen molar-refractivity contribution in [3.8, 4) is 5.75 Å². The molecule has 1 aromatic heterocycles. The molecule has 1 atom stereocenters. The first-order chi connectivity index (χ1) is 13.5. The van der Waals surface area contributed by atoms with Crippen LogP contribution < -0.4 is 20.9 Å². The standard InChI is InChI=1S/C20H22N4O3S/c1-12-8-9-16(27-3)14(10-12)11-18(25)23-24-19(26)13(2)21-20-22-15-6-4-5-7-17(15)28-20/h4-10,13H,11H2,1-3H3,(H,21,22)(H,23,25)(H,24,26). The second kappa shape index (κ2) is 8.71. The van der Waals surface area contributed by atoms with Crippen molar-refractivity contribution in [1.82, 2.24) is 15.8 Å². The number of amides is 2. The van der Waals surface area contributed by atoms with Crippen LogP contribution in [0.3, 0.4) is 0 Å². The molecule has 2 aromatic carbocycles. The van der Waals surface area contributed by atoms with Gasteiger partial charge in [0.05, 0.1) is 23.7 Å². The average molecular weight is 398 g/mol. The number of aryl methyl sites for hydroxylation is 1. The number of carbonyl (C=O) groups is 2. The first kappa shape index (κ1) is 19.6. The van der Waals surface area contributed by atoms with Crippen LogP contribution in [-0.2, 0) is 16.0 Å². The Hall–Kier alpha value is -3.13. The topological polar surface area (TPSA) is 92.4 Å². The lowest BCUT2D eigenvalue weighted by Crippen LogP contribution is -2.48. The molecule has 0 bridgehead atoms. The van der Waals surface area contributed by atoms with E-state index in [1.165, 1.54) is 11.3 Å². The van der Waals surface area contributed by atoms with E-state index < -0.39 is 6.04 Å². The first-order valence-corrected chi connectivity index (χ1v) is 9.62. The van der Waals surface area contributed by atoms with Crippen LogP contribution >= 0.6 is 11.3 Å². The number of para-hydroxylation sites is 1. The lowest BCUT2D eigenvalue weighted by Gasteiger charge is -2.14. The second-order valence-corrected chi connectivity index (χ2v) is 7.41. The number of hydrogen-bond acceptors (Lipinski definition) is 6. The van der Waals surface area contributed by atoms with Crippen molar-refractivity contribution >= 4 is 38.5 Å². The fourth-order valence-corrected chi connectivity index (χ4v) is 3.64. The number of rotatable bonds is 6. The quantitative estimate of drug-likeness (QED) is 0.555. The molecule has 3 rings (SSSR count). The zero-order valence-electron chi connectivity index (χ0n) is 15.9. The monoisotopic (exact) mass is 398 g/mol. The van der Waals surface area contributed by atoms with Gasteiger partial charge in [-0.05, 0) is 32.0 Å². The van der Waals surface area contributed by atoms with E-state index in [1.807, 2.05) is 49.4 Å². The first-order valence-electron chi connectivity index (χ1n) is 8.80. The Morgan fingerprint density at radius 3 is 2.71 bits per heavy atom. The minimum absolute atomic E-state index is 0.102. The van der Waals surface area contributed by atoms with Crippen molar-refractivity contribution < 1.29 is 14.3 Å². The summed E-state index contributed by atoms with van der Waals surface area (Å²) >= 11 is 1.47. The summed E-state index contributed by atoms with van der Waals surface area (Å²) in [5, 5.41) is 3.71. The highest BCUT2D eigenvalue weighted by Gasteiger charge is 2.16. The Bertz CT molecular complexity index is 969. The normalized spacial score (nSPS) is 11.7. The van der Waals surface area contributed by atoms with Crippen molar-refractivity contribution in [2.75, 3.05) is 12.4 Å². The van der Waals surface area contributed by atoms with Crippen LogP contribution in [0.4, 0.5) is 5.13 Å². The summed E-state index contributed by atoms with van der Waals surface area (Å²) in [6, 6.07) is 12.8. The molecule has 0 radical (unpaired) electrons. The van der Waals surface area contributed by atoms with E-state index in [0.717, 1.165) is 21.3 Å². The van der Waals surface area contributed by atoms with Crippen LogP contribution in [0.15, 0.2) is 42.5 Å².